The van der Waals surface area contributed by atoms with Crippen LogP contribution in [-0.2, 0) is 6.54 Å². The number of para-hydroxylation sites is 2. The quantitative estimate of drug-likeness (QED) is 0.735. The minimum absolute atomic E-state index is 0.566. The molecule has 1 fully saturated rings. The van der Waals surface area contributed by atoms with Crippen molar-refractivity contribution < 1.29 is 4.74 Å². The molecule has 124 valence electrons. The van der Waals surface area contributed by atoms with Crippen molar-refractivity contribution in [3.63, 3.8) is 0 Å². The monoisotopic (exact) mass is 321 g/mol. The second-order valence-electron chi connectivity index (χ2n) is 6.43. The smallest absolute Gasteiger partial charge is 0.204 e. The van der Waals surface area contributed by atoms with Crippen LogP contribution in [0.15, 0.2) is 48.5 Å². The normalized spacial score (nSPS) is 15.0. The molecular weight excluding hydrogens is 298 g/mol. The summed E-state index contributed by atoms with van der Waals surface area (Å²) in [5, 5.41) is 3.54. The van der Waals surface area contributed by atoms with E-state index in [1.54, 1.807) is 7.11 Å². The Kier molecular flexibility index (Phi) is 4.11. The van der Waals surface area contributed by atoms with Crippen molar-refractivity contribution in [3.8, 4) is 5.75 Å². The van der Waals surface area contributed by atoms with Gasteiger partial charge in [-0.15, -0.1) is 0 Å². The van der Waals surface area contributed by atoms with E-state index in [2.05, 4.69) is 46.3 Å². The lowest BCUT2D eigenvalue weighted by Gasteiger charge is -2.17. The molecule has 1 aliphatic carbocycles. The molecular formula is C20H23N3O. The fourth-order valence-electron chi connectivity index (χ4n) is 3.63. The van der Waals surface area contributed by atoms with Crippen molar-refractivity contribution in [1.82, 2.24) is 9.55 Å². The summed E-state index contributed by atoms with van der Waals surface area (Å²) < 4.78 is 7.63. The fourth-order valence-corrected chi connectivity index (χ4v) is 3.63. The Labute approximate surface area is 142 Å². The molecule has 2 aromatic carbocycles. The number of hydrogen-bond acceptors (Lipinski definition) is 3. The lowest BCUT2D eigenvalue weighted by atomic mass is 10.2. The van der Waals surface area contributed by atoms with E-state index in [1.165, 1.54) is 36.8 Å². The van der Waals surface area contributed by atoms with Gasteiger partial charge in [0.15, 0.2) is 0 Å². The second-order valence-corrected chi connectivity index (χ2v) is 6.43. The van der Waals surface area contributed by atoms with E-state index in [1.807, 2.05) is 12.1 Å². The molecule has 0 unspecified atom stereocenters. The van der Waals surface area contributed by atoms with Gasteiger partial charge >= 0.3 is 0 Å². The van der Waals surface area contributed by atoms with Crippen molar-refractivity contribution in [1.29, 1.82) is 0 Å². The number of benzene rings is 2. The topological polar surface area (TPSA) is 39.1 Å². The highest BCUT2D eigenvalue weighted by atomic mass is 16.5. The number of ether oxygens (including phenoxy) is 1. The van der Waals surface area contributed by atoms with Crippen LogP contribution in [0.3, 0.4) is 0 Å². The molecule has 1 aromatic heterocycles. The Morgan fingerprint density at radius 1 is 1.08 bits per heavy atom. The molecule has 0 amide bonds. The van der Waals surface area contributed by atoms with Crippen LogP contribution in [0.1, 0.15) is 37.3 Å². The largest absolute Gasteiger partial charge is 0.497 e. The molecule has 0 atom stereocenters. The van der Waals surface area contributed by atoms with Crippen molar-refractivity contribution in [2.45, 2.75) is 38.3 Å². The zero-order chi connectivity index (χ0) is 16.4. The zero-order valence-corrected chi connectivity index (χ0v) is 14.0. The maximum absolute atomic E-state index is 5.22. The molecule has 1 heterocycles. The van der Waals surface area contributed by atoms with Crippen LogP contribution in [0.25, 0.3) is 11.0 Å². The van der Waals surface area contributed by atoms with Crippen LogP contribution in [0.5, 0.6) is 5.75 Å². The number of hydrogen-bond donors (Lipinski definition) is 1. The summed E-state index contributed by atoms with van der Waals surface area (Å²) >= 11 is 0. The maximum atomic E-state index is 5.22. The SMILES string of the molecule is COc1ccc(CNc2nc3ccccc3n2C2CCCC2)cc1. The highest BCUT2D eigenvalue weighted by Crippen LogP contribution is 2.35. The summed E-state index contributed by atoms with van der Waals surface area (Å²) in [4.78, 5) is 4.83. The molecule has 1 aliphatic rings. The first kappa shape index (κ1) is 15.1. The summed E-state index contributed by atoms with van der Waals surface area (Å²) in [5.74, 6) is 1.87. The van der Waals surface area contributed by atoms with Crippen LogP contribution in [0.2, 0.25) is 0 Å². The van der Waals surface area contributed by atoms with Gasteiger partial charge in [-0.05, 0) is 42.7 Å². The molecule has 1 saturated carbocycles. The lowest BCUT2D eigenvalue weighted by molar-refractivity contribution is 0.414. The van der Waals surface area contributed by atoms with Gasteiger partial charge in [0, 0.05) is 12.6 Å². The van der Waals surface area contributed by atoms with E-state index in [9.17, 15) is 0 Å². The summed E-state index contributed by atoms with van der Waals surface area (Å²) in [7, 11) is 1.69. The molecule has 0 bridgehead atoms. The molecule has 1 N–H and O–H groups in total. The Balaban J connectivity index is 1.61. The molecule has 0 spiro atoms. The van der Waals surface area contributed by atoms with Gasteiger partial charge in [0.2, 0.25) is 5.95 Å². The van der Waals surface area contributed by atoms with Gasteiger partial charge in [-0.1, -0.05) is 37.1 Å². The van der Waals surface area contributed by atoms with E-state index in [-0.39, 0.29) is 0 Å². The number of methoxy groups -OCH3 is 1. The Hall–Kier alpha value is -2.49. The molecule has 0 aliphatic heterocycles. The lowest BCUT2D eigenvalue weighted by Crippen LogP contribution is -2.11. The maximum Gasteiger partial charge on any atom is 0.204 e. The highest BCUT2D eigenvalue weighted by Gasteiger charge is 2.22. The number of anilines is 1. The van der Waals surface area contributed by atoms with Gasteiger partial charge in [0.25, 0.3) is 0 Å². The van der Waals surface area contributed by atoms with Crippen molar-refractivity contribution >= 4 is 17.0 Å². The Morgan fingerprint density at radius 2 is 1.83 bits per heavy atom. The van der Waals surface area contributed by atoms with Crippen LogP contribution in [0, 0.1) is 0 Å². The first-order valence-corrected chi connectivity index (χ1v) is 8.69. The summed E-state index contributed by atoms with van der Waals surface area (Å²) in [6, 6.07) is 17.2. The number of fused-ring (bicyclic) bond motifs is 1. The third-order valence-corrected chi connectivity index (χ3v) is 4.90. The van der Waals surface area contributed by atoms with Crippen molar-refractivity contribution in [2.75, 3.05) is 12.4 Å². The van der Waals surface area contributed by atoms with E-state index in [0.29, 0.717) is 6.04 Å². The standard InChI is InChI=1S/C20H23N3O/c1-24-17-12-10-15(11-13-17)14-21-20-22-18-8-4-5-9-19(18)23(20)16-6-2-3-7-16/h4-5,8-13,16H,2-3,6-7,14H2,1H3,(H,21,22). The van der Waals surface area contributed by atoms with Crippen molar-refractivity contribution in [2.24, 2.45) is 0 Å². The van der Waals surface area contributed by atoms with E-state index in [4.69, 9.17) is 9.72 Å². The first-order chi connectivity index (χ1) is 11.8. The first-order valence-electron chi connectivity index (χ1n) is 8.69. The van der Waals surface area contributed by atoms with Gasteiger partial charge in [-0.2, -0.15) is 0 Å². The van der Waals surface area contributed by atoms with Gasteiger partial charge in [0.05, 0.1) is 18.1 Å². The number of aromatic nitrogens is 2. The summed E-state index contributed by atoms with van der Waals surface area (Å²) in [6.07, 6.45) is 5.12. The predicted molar refractivity (Wildman–Crippen MR) is 97.6 cm³/mol. The minimum atomic E-state index is 0.566. The predicted octanol–water partition coefficient (Wildman–Crippen LogP) is 4.77. The van der Waals surface area contributed by atoms with E-state index < -0.39 is 0 Å². The van der Waals surface area contributed by atoms with Gasteiger partial charge in [-0.25, -0.2) is 4.98 Å². The van der Waals surface area contributed by atoms with Gasteiger partial charge in [-0.3, -0.25) is 0 Å². The number of nitrogens with one attached hydrogen (secondary N) is 1. The van der Waals surface area contributed by atoms with Crippen molar-refractivity contribution in [3.05, 3.63) is 54.1 Å². The highest BCUT2D eigenvalue weighted by molar-refractivity contribution is 5.78. The minimum Gasteiger partial charge on any atom is -0.497 e. The van der Waals surface area contributed by atoms with Gasteiger partial charge < -0.3 is 14.6 Å². The number of nitrogens with zero attached hydrogens (tertiary/aromatic N) is 2. The molecule has 3 aromatic rings. The molecule has 4 nitrogen and oxygen atoms in total. The van der Waals surface area contributed by atoms with Crippen LogP contribution in [-0.4, -0.2) is 16.7 Å². The van der Waals surface area contributed by atoms with Crippen LogP contribution in [0.4, 0.5) is 5.95 Å². The third-order valence-electron chi connectivity index (χ3n) is 4.90. The second kappa shape index (κ2) is 6.56. The summed E-state index contributed by atoms with van der Waals surface area (Å²) in [6.45, 7) is 0.764. The molecule has 4 rings (SSSR count). The fraction of sp³-hybridized carbons (Fsp3) is 0.350. The Bertz CT molecular complexity index is 817. The average Bonchev–Trinajstić information content (AvgIpc) is 3.27. The van der Waals surface area contributed by atoms with E-state index in [0.717, 1.165) is 23.8 Å². The molecule has 0 saturated heterocycles. The number of rotatable bonds is 5. The number of imidazole rings is 1. The molecule has 0 radical (unpaired) electrons. The molecule has 4 heteroatoms. The average molecular weight is 321 g/mol. The van der Waals surface area contributed by atoms with Crippen LogP contribution < -0.4 is 10.1 Å². The zero-order valence-electron chi connectivity index (χ0n) is 14.0. The van der Waals surface area contributed by atoms with Crippen LogP contribution >= 0.6 is 0 Å². The molecule has 24 heavy (non-hydrogen) atoms. The van der Waals surface area contributed by atoms with E-state index >= 15 is 0 Å². The summed E-state index contributed by atoms with van der Waals surface area (Å²) in [5.41, 5.74) is 3.53. The Morgan fingerprint density at radius 3 is 2.58 bits per heavy atom. The van der Waals surface area contributed by atoms with Gasteiger partial charge in [0.1, 0.15) is 5.75 Å². The third kappa shape index (κ3) is 2.84.